The molecule has 0 bridgehead atoms. The van der Waals surface area contributed by atoms with Crippen LogP contribution < -0.4 is 4.74 Å². The SMILES string of the molecule is C1=C(C2(c3ccc(-c4ccc5ccc6ccc(-c7ccccc7)nc6c5n4)cc3)c3ccccc3Oc3ccccc32)CCCC1. The Morgan fingerprint density at radius 3 is 1.63 bits per heavy atom. The highest BCUT2D eigenvalue weighted by Crippen LogP contribution is 2.57. The number of fused-ring (bicyclic) bond motifs is 5. The molecule has 0 N–H and O–H groups in total. The average Bonchev–Trinajstić information content (AvgIpc) is 3.14. The van der Waals surface area contributed by atoms with Gasteiger partial charge in [-0.25, -0.2) is 9.97 Å². The van der Waals surface area contributed by atoms with Crippen molar-refractivity contribution in [3.05, 3.63) is 168 Å². The first-order valence-electron chi connectivity index (χ1n) is 16.2. The molecule has 9 rings (SSSR count). The van der Waals surface area contributed by atoms with Gasteiger partial charge < -0.3 is 4.74 Å². The Labute approximate surface area is 268 Å². The lowest BCUT2D eigenvalue weighted by Gasteiger charge is -2.43. The molecule has 0 atom stereocenters. The molecule has 0 spiro atoms. The Kier molecular flexibility index (Phi) is 6.31. The number of benzene rings is 5. The molecule has 0 unspecified atom stereocenters. The number of para-hydroxylation sites is 2. The van der Waals surface area contributed by atoms with Crippen molar-refractivity contribution in [3.63, 3.8) is 0 Å². The Hall–Kier alpha value is -5.54. The largest absolute Gasteiger partial charge is 0.457 e. The number of aromatic nitrogens is 2. The zero-order valence-corrected chi connectivity index (χ0v) is 25.5. The van der Waals surface area contributed by atoms with Crippen LogP contribution in [0.3, 0.4) is 0 Å². The Bertz CT molecular complexity index is 2240. The number of hydrogen-bond donors (Lipinski definition) is 0. The summed E-state index contributed by atoms with van der Waals surface area (Å²) in [4.78, 5) is 10.3. The van der Waals surface area contributed by atoms with Gasteiger partial charge in [-0.15, -0.1) is 0 Å². The van der Waals surface area contributed by atoms with Crippen LogP contribution in [0.2, 0.25) is 0 Å². The van der Waals surface area contributed by atoms with Gasteiger partial charge in [0.25, 0.3) is 0 Å². The van der Waals surface area contributed by atoms with E-state index in [1.807, 2.05) is 6.07 Å². The van der Waals surface area contributed by atoms with Gasteiger partial charge in [-0.1, -0.05) is 127 Å². The van der Waals surface area contributed by atoms with E-state index in [9.17, 15) is 0 Å². The second-order valence-corrected chi connectivity index (χ2v) is 12.4. The highest BCUT2D eigenvalue weighted by molar-refractivity contribution is 6.04. The first kappa shape index (κ1) is 26.8. The highest BCUT2D eigenvalue weighted by atomic mass is 16.5. The van der Waals surface area contributed by atoms with E-state index in [2.05, 4.69) is 140 Å². The van der Waals surface area contributed by atoms with E-state index < -0.39 is 5.41 Å². The number of rotatable bonds is 4. The Balaban J connectivity index is 1.20. The molecule has 3 heteroatoms. The highest BCUT2D eigenvalue weighted by Gasteiger charge is 2.46. The summed E-state index contributed by atoms with van der Waals surface area (Å²) in [5.74, 6) is 1.87. The normalized spacial score (nSPS) is 15.1. The molecule has 46 heavy (non-hydrogen) atoms. The van der Waals surface area contributed by atoms with Crippen LogP contribution in [0.25, 0.3) is 44.3 Å². The monoisotopic (exact) mass is 592 g/mol. The number of hydrogen-bond acceptors (Lipinski definition) is 3. The van der Waals surface area contributed by atoms with Crippen molar-refractivity contribution in [1.29, 1.82) is 0 Å². The second-order valence-electron chi connectivity index (χ2n) is 12.4. The van der Waals surface area contributed by atoms with Crippen molar-refractivity contribution in [3.8, 4) is 34.0 Å². The van der Waals surface area contributed by atoms with Gasteiger partial charge in [0, 0.05) is 33.0 Å². The molecule has 0 fully saturated rings. The second kappa shape index (κ2) is 10.8. The molecule has 7 aromatic rings. The standard InChI is InChI=1S/C43H32N2O/c1-3-11-29(12-4-1)37-27-23-31-19-20-32-24-28-38(45-42(32)41(31)44-37)30-21-25-34(26-22-30)43(33-13-5-2-6-14-33)35-15-7-9-17-39(35)46-40-18-10-8-16-36(40)43/h1,3-4,7-13,15-28H,2,5-6,14H2. The van der Waals surface area contributed by atoms with Gasteiger partial charge in [0.05, 0.1) is 27.8 Å². The van der Waals surface area contributed by atoms with Crippen LogP contribution in [0.1, 0.15) is 42.4 Å². The number of ether oxygens (including phenoxy) is 1. The van der Waals surface area contributed by atoms with Crippen molar-refractivity contribution in [2.75, 3.05) is 0 Å². The van der Waals surface area contributed by atoms with Gasteiger partial charge in [-0.3, -0.25) is 0 Å². The summed E-state index contributed by atoms with van der Waals surface area (Å²) >= 11 is 0. The first-order valence-corrected chi connectivity index (χ1v) is 16.2. The molecular formula is C43H32N2O. The van der Waals surface area contributed by atoms with E-state index in [4.69, 9.17) is 14.7 Å². The molecule has 2 aromatic heterocycles. The van der Waals surface area contributed by atoms with Crippen LogP contribution in [0.4, 0.5) is 0 Å². The number of allylic oxidation sites excluding steroid dienone is 2. The molecular weight excluding hydrogens is 560 g/mol. The molecule has 0 amide bonds. The molecule has 1 aliphatic carbocycles. The molecule has 0 radical (unpaired) electrons. The van der Waals surface area contributed by atoms with Gasteiger partial charge in [0.15, 0.2) is 0 Å². The van der Waals surface area contributed by atoms with Crippen molar-refractivity contribution in [1.82, 2.24) is 9.97 Å². The third kappa shape index (κ3) is 4.19. The van der Waals surface area contributed by atoms with Gasteiger partial charge in [0.1, 0.15) is 11.5 Å². The van der Waals surface area contributed by atoms with E-state index in [1.54, 1.807) is 0 Å². The minimum atomic E-state index is -0.408. The quantitative estimate of drug-likeness (QED) is 0.151. The summed E-state index contributed by atoms with van der Waals surface area (Å²) in [6.45, 7) is 0. The Morgan fingerprint density at radius 1 is 0.500 bits per heavy atom. The smallest absolute Gasteiger partial charge is 0.132 e. The van der Waals surface area contributed by atoms with Crippen LogP contribution in [0.15, 0.2) is 151 Å². The summed E-state index contributed by atoms with van der Waals surface area (Å²) in [6, 6.07) is 49.4. The fraction of sp³-hybridized carbons (Fsp3) is 0.116. The number of nitrogens with zero attached hydrogens (tertiary/aromatic N) is 2. The van der Waals surface area contributed by atoms with E-state index in [1.165, 1.54) is 35.1 Å². The van der Waals surface area contributed by atoms with Gasteiger partial charge in [-0.2, -0.15) is 0 Å². The molecule has 0 saturated carbocycles. The topological polar surface area (TPSA) is 35.0 Å². The maximum Gasteiger partial charge on any atom is 0.132 e. The summed E-state index contributed by atoms with van der Waals surface area (Å²) in [5.41, 5.74) is 10.7. The van der Waals surface area contributed by atoms with Crippen LogP contribution in [0, 0.1) is 0 Å². The predicted octanol–water partition coefficient (Wildman–Crippen LogP) is 11.1. The van der Waals surface area contributed by atoms with Crippen molar-refractivity contribution in [2.24, 2.45) is 0 Å². The molecule has 1 aliphatic heterocycles. The fourth-order valence-electron chi connectivity index (χ4n) is 7.60. The van der Waals surface area contributed by atoms with Crippen molar-refractivity contribution >= 4 is 21.8 Å². The molecule has 3 heterocycles. The molecule has 5 aromatic carbocycles. The van der Waals surface area contributed by atoms with Gasteiger partial charge >= 0.3 is 0 Å². The Morgan fingerprint density at radius 2 is 1.04 bits per heavy atom. The van der Waals surface area contributed by atoms with Crippen molar-refractivity contribution < 1.29 is 4.74 Å². The lowest BCUT2D eigenvalue weighted by molar-refractivity contribution is 0.427. The third-order valence-corrected chi connectivity index (χ3v) is 9.78. The van der Waals surface area contributed by atoms with Crippen LogP contribution in [-0.4, -0.2) is 9.97 Å². The summed E-state index contributed by atoms with van der Waals surface area (Å²) in [5, 5.41) is 2.18. The molecule has 2 aliphatic rings. The zero-order chi connectivity index (χ0) is 30.5. The van der Waals surface area contributed by atoms with Crippen LogP contribution in [-0.2, 0) is 5.41 Å². The summed E-state index contributed by atoms with van der Waals surface area (Å²) in [7, 11) is 0. The van der Waals surface area contributed by atoms with Gasteiger partial charge in [-0.05, 0) is 55.5 Å². The zero-order valence-electron chi connectivity index (χ0n) is 25.5. The molecule has 3 nitrogen and oxygen atoms in total. The van der Waals surface area contributed by atoms with Crippen molar-refractivity contribution in [2.45, 2.75) is 31.1 Å². The number of pyridine rings is 2. The van der Waals surface area contributed by atoms with E-state index in [-0.39, 0.29) is 0 Å². The molecule has 220 valence electrons. The minimum Gasteiger partial charge on any atom is -0.457 e. The van der Waals surface area contributed by atoms with Crippen LogP contribution in [0.5, 0.6) is 11.5 Å². The maximum atomic E-state index is 6.51. The van der Waals surface area contributed by atoms with E-state index in [0.717, 1.165) is 68.7 Å². The predicted molar refractivity (Wildman–Crippen MR) is 187 cm³/mol. The van der Waals surface area contributed by atoms with E-state index >= 15 is 0 Å². The van der Waals surface area contributed by atoms with Gasteiger partial charge in [0.2, 0.25) is 0 Å². The van der Waals surface area contributed by atoms with Crippen LogP contribution >= 0.6 is 0 Å². The fourth-order valence-corrected chi connectivity index (χ4v) is 7.60. The summed E-state index contributed by atoms with van der Waals surface area (Å²) < 4.78 is 6.51. The third-order valence-electron chi connectivity index (χ3n) is 9.78. The van der Waals surface area contributed by atoms with E-state index in [0.29, 0.717) is 0 Å². The minimum absolute atomic E-state index is 0.408. The molecule has 0 saturated heterocycles. The first-order chi connectivity index (χ1) is 22.8. The average molecular weight is 593 g/mol. The maximum absolute atomic E-state index is 6.51. The lowest BCUT2D eigenvalue weighted by atomic mass is 9.61. The lowest BCUT2D eigenvalue weighted by Crippen LogP contribution is -2.35. The summed E-state index contributed by atoms with van der Waals surface area (Å²) in [6.07, 6.45) is 7.11.